The average molecular weight is 537 g/mol. The van der Waals surface area contributed by atoms with Gasteiger partial charge in [0.15, 0.2) is 0 Å². The Morgan fingerprint density at radius 1 is 0.900 bits per heavy atom. The molecular formula is C33H32N2O5. The van der Waals surface area contributed by atoms with Crippen molar-refractivity contribution in [2.45, 2.75) is 19.4 Å². The van der Waals surface area contributed by atoms with Crippen LogP contribution in [0.25, 0.3) is 32.8 Å². The van der Waals surface area contributed by atoms with E-state index in [2.05, 4.69) is 52.3 Å². The van der Waals surface area contributed by atoms with Crippen LogP contribution < -0.4 is 9.47 Å². The van der Waals surface area contributed by atoms with E-state index in [0.29, 0.717) is 19.4 Å². The van der Waals surface area contributed by atoms with Crippen LogP contribution in [0.5, 0.6) is 11.6 Å². The number of nitrogens with zero attached hydrogens (tertiary/aromatic N) is 1. The molecule has 1 aromatic heterocycles. The second-order valence-electron chi connectivity index (χ2n) is 10.0. The Morgan fingerprint density at radius 3 is 2.48 bits per heavy atom. The molecule has 40 heavy (non-hydrogen) atoms. The number of carboxylic acid groups (broad SMARTS) is 1. The molecule has 7 heteroatoms. The number of aromatic nitrogens is 1. The zero-order valence-corrected chi connectivity index (χ0v) is 22.3. The normalized spacial score (nSPS) is 14.0. The number of nitrogens with one attached hydrogen (secondary N) is 1. The first-order valence-electron chi connectivity index (χ1n) is 13.7. The fourth-order valence-corrected chi connectivity index (χ4v) is 5.47. The Hall–Kier alpha value is -4.33. The summed E-state index contributed by atoms with van der Waals surface area (Å²) in [5.74, 6) is 1.11. The van der Waals surface area contributed by atoms with Crippen molar-refractivity contribution in [3.8, 4) is 22.8 Å². The fraction of sp³-hybridized carbons (Fsp3) is 0.242. The van der Waals surface area contributed by atoms with Crippen LogP contribution in [-0.4, -0.2) is 54.1 Å². The molecule has 1 aliphatic heterocycles. The zero-order chi connectivity index (χ0) is 27.3. The molecule has 1 fully saturated rings. The Morgan fingerprint density at radius 2 is 1.65 bits per heavy atom. The highest BCUT2D eigenvalue weighted by atomic mass is 16.7. The molecule has 1 saturated heterocycles. The molecule has 0 radical (unpaired) electrons. The molecule has 5 aromatic rings. The number of hydrogen-bond donors (Lipinski definition) is 2. The highest BCUT2D eigenvalue weighted by Gasteiger charge is 2.18. The topological polar surface area (TPSA) is 84.0 Å². The molecule has 0 atom stereocenters. The van der Waals surface area contributed by atoms with Gasteiger partial charge in [-0.05, 0) is 35.4 Å². The minimum Gasteiger partial charge on any atom is -0.493 e. The van der Waals surface area contributed by atoms with Gasteiger partial charge in [0.2, 0.25) is 5.88 Å². The monoisotopic (exact) mass is 536 g/mol. The van der Waals surface area contributed by atoms with Crippen LogP contribution in [0.2, 0.25) is 0 Å². The molecule has 7 nitrogen and oxygen atoms in total. The molecule has 204 valence electrons. The first-order chi connectivity index (χ1) is 19.7. The minimum absolute atomic E-state index is 0.268. The lowest BCUT2D eigenvalue weighted by atomic mass is 9.99. The number of H-pyrrole nitrogens is 1. The number of rotatable bonds is 9. The number of aromatic amines is 1. The maximum Gasteiger partial charge on any atom is 0.512 e. The summed E-state index contributed by atoms with van der Waals surface area (Å²) in [6.45, 7) is 4.86. The molecule has 0 saturated carbocycles. The molecule has 0 spiro atoms. The maximum atomic E-state index is 11.5. The van der Waals surface area contributed by atoms with Gasteiger partial charge in [0.05, 0.1) is 25.3 Å². The van der Waals surface area contributed by atoms with E-state index in [1.807, 2.05) is 42.5 Å². The van der Waals surface area contributed by atoms with Crippen molar-refractivity contribution in [3.05, 3.63) is 96.1 Å². The van der Waals surface area contributed by atoms with Gasteiger partial charge in [0.1, 0.15) is 5.75 Å². The number of fused-ring (bicyclic) bond motifs is 2. The van der Waals surface area contributed by atoms with Crippen LogP contribution in [0.4, 0.5) is 4.79 Å². The van der Waals surface area contributed by atoms with E-state index in [1.54, 1.807) is 0 Å². The number of ether oxygens (including phenoxy) is 3. The number of carbonyl (C=O) groups is 1. The van der Waals surface area contributed by atoms with Gasteiger partial charge in [-0.15, -0.1) is 0 Å². The predicted octanol–water partition coefficient (Wildman–Crippen LogP) is 6.89. The number of para-hydroxylation sites is 1. The summed E-state index contributed by atoms with van der Waals surface area (Å²) in [4.78, 5) is 17.2. The van der Waals surface area contributed by atoms with Gasteiger partial charge < -0.3 is 24.3 Å². The van der Waals surface area contributed by atoms with Crippen LogP contribution in [0, 0.1) is 0 Å². The molecule has 6 rings (SSSR count). The fourth-order valence-electron chi connectivity index (χ4n) is 5.47. The summed E-state index contributed by atoms with van der Waals surface area (Å²) in [5, 5.41) is 12.6. The number of hydrogen-bond acceptors (Lipinski definition) is 5. The highest BCUT2D eigenvalue weighted by molar-refractivity contribution is 5.98. The van der Waals surface area contributed by atoms with Gasteiger partial charge in [-0.25, -0.2) is 4.79 Å². The van der Waals surface area contributed by atoms with E-state index in [9.17, 15) is 9.90 Å². The molecule has 0 unspecified atom stereocenters. The summed E-state index contributed by atoms with van der Waals surface area (Å²) in [6, 6.07) is 28.8. The average Bonchev–Trinajstić information content (AvgIpc) is 3.32. The standard InChI is InChI=1S/C33H32N2O5/c36-33(37)40-32-29(11-5-19-39-30-12-3-7-24-6-1-2-8-26(24)30)28-10-4-9-27(31(28)34-32)25-15-13-23(14-16-25)22-35-17-20-38-21-18-35/h1-4,6-10,12-16,34H,5,11,17-22H2,(H,36,37). The minimum atomic E-state index is -1.34. The second-order valence-corrected chi connectivity index (χ2v) is 10.0. The van der Waals surface area contributed by atoms with Crippen molar-refractivity contribution in [3.63, 3.8) is 0 Å². The summed E-state index contributed by atoms with van der Waals surface area (Å²) in [5.41, 5.74) is 5.02. The molecule has 0 aliphatic carbocycles. The molecule has 2 heterocycles. The first kappa shape index (κ1) is 25.9. The van der Waals surface area contributed by atoms with Crippen molar-refractivity contribution in [1.82, 2.24) is 9.88 Å². The summed E-state index contributed by atoms with van der Waals surface area (Å²) in [6.07, 6.45) is -0.0316. The van der Waals surface area contributed by atoms with E-state index in [4.69, 9.17) is 14.2 Å². The predicted molar refractivity (Wildman–Crippen MR) is 156 cm³/mol. The molecule has 0 amide bonds. The van der Waals surface area contributed by atoms with Crippen molar-refractivity contribution in [2.24, 2.45) is 0 Å². The third kappa shape index (κ3) is 5.66. The van der Waals surface area contributed by atoms with E-state index in [0.717, 1.165) is 77.0 Å². The first-order valence-corrected chi connectivity index (χ1v) is 13.7. The van der Waals surface area contributed by atoms with Crippen molar-refractivity contribution in [1.29, 1.82) is 0 Å². The van der Waals surface area contributed by atoms with Crippen LogP contribution in [0.3, 0.4) is 0 Å². The van der Waals surface area contributed by atoms with E-state index in [1.165, 1.54) is 5.56 Å². The van der Waals surface area contributed by atoms with Crippen molar-refractivity contribution >= 4 is 27.8 Å². The van der Waals surface area contributed by atoms with Gasteiger partial charge in [0, 0.05) is 41.5 Å². The quantitative estimate of drug-likeness (QED) is 0.158. The van der Waals surface area contributed by atoms with Gasteiger partial charge >= 0.3 is 6.16 Å². The van der Waals surface area contributed by atoms with Gasteiger partial charge in [0.25, 0.3) is 0 Å². The summed E-state index contributed by atoms with van der Waals surface area (Å²) in [7, 11) is 0. The highest BCUT2D eigenvalue weighted by Crippen LogP contribution is 2.36. The SMILES string of the molecule is O=C(O)Oc1[nH]c2c(-c3ccc(CN4CCOCC4)cc3)cccc2c1CCCOc1cccc2ccccc12. The van der Waals surface area contributed by atoms with Gasteiger partial charge in [-0.3, -0.25) is 4.90 Å². The second kappa shape index (κ2) is 11.8. The number of morpholine rings is 1. The summed E-state index contributed by atoms with van der Waals surface area (Å²) < 4.78 is 16.8. The molecular weight excluding hydrogens is 504 g/mol. The van der Waals surface area contributed by atoms with Crippen LogP contribution in [0.15, 0.2) is 84.9 Å². The number of aryl methyl sites for hydroxylation is 1. The molecule has 0 bridgehead atoms. The lowest BCUT2D eigenvalue weighted by molar-refractivity contribution is 0.0342. The third-order valence-corrected chi connectivity index (χ3v) is 7.44. The smallest absolute Gasteiger partial charge is 0.493 e. The van der Waals surface area contributed by atoms with E-state index >= 15 is 0 Å². The lowest BCUT2D eigenvalue weighted by Gasteiger charge is -2.26. The third-order valence-electron chi connectivity index (χ3n) is 7.44. The van der Waals surface area contributed by atoms with Crippen molar-refractivity contribution < 1.29 is 24.1 Å². The molecule has 4 aromatic carbocycles. The Kier molecular flexibility index (Phi) is 7.66. The van der Waals surface area contributed by atoms with Gasteiger partial charge in [-0.2, -0.15) is 0 Å². The van der Waals surface area contributed by atoms with Crippen LogP contribution in [-0.2, 0) is 17.7 Å². The van der Waals surface area contributed by atoms with Crippen LogP contribution in [0.1, 0.15) is 17.5 Å². The molecule has 2 N–H and O–H groups in total. The maximum absolute atomic E-state index is 11.5. The Labute approximate surface area is 232 Å². The zero-order valence-electron chi connectivity index (χ0n) is 22.3. The molecule has 1 aliphatic rings. The van der Waals surface area contributed by atoms with Crippen LogP contribution >= 0.6 is 0 Å². The number of benzene rings is 4. The largest absolute Gasteiger partial charge is 0.512 e. The Balaban J connectivity index is 1.21. The Bertz CT molecular complexity index is 1610. The summed E-state index contributed by atoms with van der Waals surface area (Å²) >= 11 is 0. The van der Waals surface area contributed by atoms with Crippen molar-refractivity contribution in [2.75, 3.05) is 32.9 Å². The van der Waals surface area contributed by atoms with Gasteiger partial charge in [-0.1, -0.05) is 78.9 Å². The van der Waals surface area contributed by atoms with E-state index in [-0.39, 0.29) is 5.88 Å². The lowest BCUT2D eigenvalue weighted by Crippen LogP contribution is -2.35. The van der Waals surface area contributed by atoms with E-state index < -0.39 is 6.16 Å².